The van der Waals surface area contributed by atoms with Gasteiger partial charge in [0.05, 0.1) is 18.7 Å². The number of aromatic nitrogens is 1. The number of rotatable bonds is 4. The van der Waals surface area contributed by atoms with Crippen LogP contribution in [0.2, 0.25) is 0 Å². The van der Waals surface area contributed by atoms with Gasteiger partial charge in [0.15, 0.2) is 0 Å². The predicted octanol–water partition coefficient (Wildman–Crippen LogP) is 6.10. The smallest absolute Gasteiger partial charge is 0.300 e. The molecule has 0 aliphatic carbocycles. The lowest BCUT2D eigenvalue weighted by Crippen LogP contribution is -2.29. The summed E-state index contributed by atoms with van der Waals surface area (Å²) in [5.41, 5.74) is 3.66. The van der Waals surface area contributed by atoms with Crippen LogP contribution in [0.15, 0.2) is 84.6 Å². The molecule has 36 heavy (non-hydrogen) atoms. The van der Waals surface area contributed by atoms with Gasteiger partial charge < -0.3 is 14.8 Å². The van der Waals surface area contributed by atoms with Crippen molar-refractivity contribution in [2.75, 3.05) is 12.0 Å². The van der Waals surface area contributed by atoms with E-state index in [0.29, 0.717) is 17.0 Å². The molecule has 5 rings (SSSR count). The summed E-state index contributed by atoms with van der Waals surface area (Å²) in [6.07, 6.45) is 1.67. The summed E-state index contributed by atoms with van der Waals surface area (Å²) in [5, 5.41) is 12.3. The monoisotopic (exact) mass is 480 g/mol. The van der Waals surface area contributed by atoms with Crippen molar-refractivity contribution in [3.05, 3.63) is 101 Å². The molecular formula is C30H28N2O4. The number of amides is 1. The average molecular weight is 481 g/mol. The van der Waals surface area contributed by atoms with Crippen LogP contribution >= 0.6 is 0 Å². The van der Waals surface area contributed by atoms with E-state index < -0.39 is 17.7 Å². The zero-order valence-corrected chi connectivity index (χ0v) is 20.7. The number of hydrogen-bond acceptors (Lipinski definition) is 4. The van der Waals surface area contributed by atoms with E-state index >= 15 is 0 Å². The lowest BCUT2D eigenvalue weighted by atomic mass is 9.85. The van der Waals surface area contributed by atoms with Crippen molar-refractivity contribution in [1.29, 1.82) is 0 Å². The van der Waals surface area contributed by atoms with Crippen molar-refractivity contribution in [3.63, 3.8) is 0 Å². The van der Waals surface area contributed by atoms with Crippen LogP contribution in [0, 0.1) is 0 Å². The fourth-order valence-electron chi connectivity index (χ4n) is 4.75. The van der Waals surface area contributed by atoms with Crippen LogP contribution in [0.1, 0.15) is 43.5 Å². The number of carbonyl (C=O) groups excluding carboxylic acids is 2. The first kappa shape index (κ1) is 23.4. The molecule has 182 valence electrons. The highest BCUT2D eigenvalue weighted by atomic mass is 16.5. The molecule has 1 aliphatic rings. The van der Waals surface area contributed by atoms with Crippen molar-refractivity contribution in [2.24, 2.45) is 0 Å². The molecule has 6 heteroatoms. The van der Waals surface area contributed by atoms with Crippen LogP contribution in [0.5, 0.6) is 5.75 Å². The number of nitrogens with zero attached hydrogens (tertiary/aromatic N) is 1. The summed E-state index contributed by atoms with van der Waals surface area (Å²) in [5.74, 6) is -1.08. The maximum absolute atomic E-state index is 13.5. The molecule has 1 fully saturated rings. The molecule has 0 saturated carbocycles. The van der Waals surface area contributed by atoms with E-state index in [1.54, 1.807) is 37.6 Å². The third kappa shape index (κ3) is 3.85. The molecule has 1 unspecified atom stereocenters. The second-order valence-corrected chi connectivity index (χ2v) is 9.99. The summed E-state index contributed by atoms with van der Waals surface area (Å²) in [4.78, 5) is 31.5. The first-order valence-electron chi connectivity index (χ1n) is 11.8. The number of carbonyl (C=O) groups is 2. The molecule has 1 amide bonds. The molecule has 1 aromatic heterocycles. The Morgan fingerprint density at radius 3 is 2.39 bits per heavy atom. The Labute approximate surface area is 209 Å². The summed E-state index contributed by atoms with van der Waals surface area (Å²) < 4.78 is 5.36. The number of para-hydroxylation sites is 1. The lowest BCUT2D eigenvalue weighted by molar-refractivity contribution is -0.132. The Bertz CT molecular complexity index is 1510. The molecular weight excluding hydrogens is 452 g/mol. The molecule has 1 atom stereocenters. The van der Waals surface area contributed by atoms with Gasteiger partial charge in [0.25, 0.3) is 11.7 Å². The number of aliphatic hydroxyl groups is 1. The number of aliphatic hydroxyl groups excluding tert-OH is 1. The third-order valence-corrected chi connectivity index (χ3v) is 6.71. The van der Waals surface area contributed by atoms with Crippen LogP contribution in [-0.2, 0) is 15.0 Å². The van der Waals surface area contributed by atoms with Crippen molar-refractivity contribution in [3.8, 4) is 5.75 Å². The minimum Gasteiger partial charge on any atom is -0.507 e. The molecule has 0 bridgehead atoms. The maximum atomic E-state index is 13.5. The van der Waals surface area contributed by atoms with Gasteiger partial charge in [-0.1, -0.05) is 69.3 Å². The molecule has 6 nitrogen and oxygen atoms in total. The van der Waals surface area contributed by atoms with Gasteiger partial charge >= 0.3 is 0 Å². The topological polar surface area (TPSA) is 82.6 Å². The van der Waals surface area contributed by atoms with Crippen molar-refractivity contribution >= 4 is 34.0 Å². The maximum Gasteiger partial charge on any atom is 0.300 e. The quantitative estimate of drug-likeness (QED) is 0.210. The van der Waals surface area contributed by atoms with Crippen LogP contribution in [-0.4, -0.2) is 28.9 Å². The standard InChI is InChI=1S/C30H28N2O4/c1-30(2,3)19-14-12-18(13-15-19)26-25(27(33)23-17-31-24-11-6-5-10-22(23)24)28(34)29(35)32(26)20-8-7-9-21(16-20)36-4/h5-17,26,31,33H,1-4H3/b27-25-. The average Bonchev–Trinajstić information content (AvgIpc) is 3.42. The number of Topliss-reactive ketones (excluding diaryl/α,β-unsaturated/α-hetero) is 1. The van der Waals surface area contributed by atoms with Crippen LogP contribution < -0.4 is 9.64 Å². The number of H-pyrrole nitrogens is 1. The number of ether oxygens (including phenoxy) is 1. The SMILES string of the molecule is COc1cccc(N2C(=O)C(=O)/C(=C(\O)c3c[nH]c4ccccc34)C2c2ccc(C(C)(C)C)cc2)c1. The second kappa shape index (κ2) is 8.72. The predicted molar refractivity (Wildman–Crippen MR) is 141 cm³/mol. The number of anilines is 1. The number of nitrogens with one attached hydrogen (secondary N) is 1. The Morgan fingerprint density at radius 1 is 0.972 bits per heavy atom. The van der Waals surface area contributed by atoms with Crippen molar-refractivity contribution in [1.82, 2.24) is 4.98 Å². The largest absolute Gasteiger partial charge is 0.507 e. The van der Waals surface area contributed by atoms with Crippen molar-refractivity contribution < 1.29 is 19.4 Å². The zero-order chi connectivity index (χ0) is 25.6. The van der Waals surface area contributed by atoms with Gasteiger partial charge in [-0.15, -0.1) is 0 Å². The van der Waals surface area contributed by atoms with E-state index in [2.05, 4.69) is 25.8 Å². The normalized spacial score (nSPS) is 17.7. The van der Waals surface area contributed by atoms with Gasteiger partial charge in [-0.05, 0) is 34.7 Å². The Hall–Kier alpha value is -4.32. The zero-order valence-electron chi connectivity index (χ0n) is 20.7. The fraction of sp³-hybridized carbons (Fsp3) is 0.200. The van der Waals surface area contributed by atoms with E-state index in [1.807, 2.05) is 48.5 Å². The van der Waals surface area contributed by atoms with E-state index in [4.69, 9.17) is 4.74 Å². The van der Waals surface area contributed by atoms with E-state index in [9.17, 15) is 14.7 Å². The minimum absolute atomic E-state index is 0.0519. The number of ketones is 1. The first-order chi connectivity index (χ1) is 17.2. The minimum atomic E-state index is -0.806. The van der Waals surface area contributed by atoms with E-state index in [-0.39, 0.29) is 16.7 Å². The molecule has 0 radical (unpaired) electrons. The number of fused-ring (bicyclic) bond motifs is 1. The van der Waals surface area contributed by atoms with Gasteiger partial charge in [0.2, 0.25) is 0 Å². The summed E-state index contributed by atoms with van der Waals surface area (Å²) in [6, 6.07) is 21.6. The lowest BCUT2D eigenvalue weighted by Gasteiger charge is -2.27. The van der Waals surface area contributed by atoms with E-state index in [1.165, 1.54) is 4.90 Å². The Balaban J connectivity index is 1.73. The molecule has 1 saturated heterocycles. The highest BCUT2D eigenvalue weighted by Gasteiger charge is 2.47. The molecule has 4 aromatic rings. The fourth-order valence-corrected chi connectivity index (χ4v) is 4.75. The summed E-state index contributed by atoms with van der Waals surface area (Å²) >= 11 is 0. The van der Waals surface area contributed by atoms with Gasteiger partial charge in [-0.3, -0.25) is 14.5 Å². The number of hydrogen-bond donors (Lipinski definition) is 2. The van der Waals surface area contributed by atoms with Gasteiger partial charge in [-0.2, -0.15) is 0 Å². The third-order valence-electron chi connectivity index (χ3n) is 6.71. The van der Waals surface area contributed by atoms with Gasteiger partial charge in [-0.25, -0.2) is 0 Å². The van der Waals surface area contributed by atoms with Crippen LogP contribution in [0.3, 0.4) is 0 Å². The summed E-state index contributed by atoms with van der Waals surface area (Å²) in [6.45, 7) is 6.38. The number of benzene rings is 3. The van der Waals surface area contributed by atoms with Crippen LogP contribution in [0.4, 0.5) is 5.69 Å². The Kier molecular flexibility index (Phi) is 5.67. The molecule has 0 spiro atoms. The molecule has 1 aliphatic heterocycles. The number of methoxy groups -OCH3 is 1. The molecule has 2 N–H and O–H groups in total. The Morgan fingerprint density at radius 2 is 1.69 bits per heavy atom. The highest BCUT2D eigenvalue weighted by molar-refractivity contribution is 6.51. The van der Waals surface area contributed by atoms with Gasteiger partial charge in [0.1, 0.15) is 11.5 Å². The summed E-state index contributed by atoms with van der Waals surface area (Å²) in [7, 11) is 1.55. The van der Waals surface area contributed by atoms with Crippen molar-refractivity contribution in [2.45, 2.75) is 32.2 Å². The van der Waals surface area contributed by atoms with E-state index in [0.717, 1.165) is 22.0 Å². The van der Waals surface area contributed by atoms with Crippen LogP contribution in [0.25, 0.3) is 16.7 Å². The van der Waals surface area contributed by atoms with Gasteiger partial charge in [0, 0.05) is 34.4 Å². The first-order valence-corrected chi connectivity index (χ1v) is 11.8. The highest BCUT2D eigenvalue weighted by Crippen LogP contribution is 2.43. The second-order valence-electron chi connectivity index (χ2n) is 9.99. The number of aromatic amines is 1. The molecule has 2 heterocycles. The molecule has 3 aromatic carbocycles.